The molecule has 1 atom stereocenters. The maximum absolute atomic E-state index is 12.8. The number of hydrogen-bond donors (Lipinski definition) is 2. The van der Waals surface area contributed by atoms with Crippen LogP contribution in [0.1, 0.15) is 79.8 Å². The summed E-state index contributed by atoms with van der Waals surface area (Å²) in [6.45, 7) is 5.73. The number of carbonyl (C=O) groups excluding carboxylic acids is 1. The van der Waals surface area contributed by atoms with E-state index < -0.39 is 0 Å². The van der Waals surface area contributed by atoms with Crippen molar-refractivity contribution in [3.05, 3.63) is 34.4 Å². The van der Waals surface area contributed by atoms with Crippen LogP contribution in [0.4, 0.5) is 0 Å². The van der Waals surface area contributed by atoms with Gasteiger partial charge in [-0.25, -0.2) is 0 Å². The maximum atomic E-state index is 12.8. The number of benzene rings is 1. The number of rotatable bonds is 6. The summed E-state index contributed by atoms with van der Waals surface area (Å²) in [5.41, 5.74) is 3.00. The van der Waals surface area contributed by atoms with Gasteiger partial charge in [-0.3, -0.25) is 4.79 Å². The molecule has 1 aliphatic heterocycles. The van der Waals surface area contributed by atoms with Crippen molar-refractivity contribution in [1.29, 1.82) is 0 Å². The second-order valence-electron chi connectivity index (χ2n) is 7.45. The summed E-state index contributed by atoms with van der Waals surface area (Å²) in [6, 6.07) is 1.72. The summed E-state index contributed by atoms with van der Waals surface area (Å²) in [4.78, 5) is 14.5. The number of nitrogens with zero attached hydrogens (tertiary/aromatic N) is 1. The summed E-state index contributed by atoms with van der Waals surface area (Å²) in [6.07, 6.45) is 8.96. The first-order valence-electron chi connectivity index (χ1n) is 9.57. The van der Waals surface area contributed by atoms with Crippen molar-refractivity contribution in [2.24, 2.45) is 0 Å². The van der Waals surface area contributed by atoms with E-state index in [1.54, 1.807) is 11.0 Å². The zero-order valence-corrected chi connectivity index (χ0v) is 15.3. The highest BCUT2D eigenvalue weighted by Crippen LogP contribution is 2.44. The number of unbranched alkanes of at least 4 members (excludes halogenated alkanes) is 2. The molecular weight excluding hydrogens is 314 g/mol. The van der Waals surface area contributed by atoms with Crippen molar-refractivity contribution in [1.82, 2.24) is 4.90 Å². The molecule has 1 aromatic rings. The lowest BCUT2D eigenvalue weighted by Crippen LogP contribution is -2.15. The van der Waals surface area contributed by atoms with Gasteiger partial charge in [-0.15, -0.1) is 0 Å². The first-order valence-corrected chi connectivity index (χ1v) is 9.57. The van der Waals surface area contributed by atoms with Gasteiger partial charge < -0.3 is 15.1 Å². The number of hydrogen-bond acceptors (Lipinski definition) is 3. The van der Waals surface area contributed by atoms with E-state index in [9.17, 15) is 15.0 Å². The Morgan fingerprint density at radius 3 is 2.68 bits per heavy atom. The van der Waals surface area contributed by atoms with E-state index in [-0.39, 0.29) is 23.3 Å². The molecule has 0 spiro atoms. The number of allylic oxidation sites excluding steroid dienone is 2. The zero-order chi connectivity index (χ0) is 18.0. The normalized spacial score (nSPS) is 19.7. The van der Waals surface area contributed by atoms with Gasteiger partial charge in [-0.05, 0) is 50.7 Å². The molecule has 1 fully saturated rings. The highest BCUT2D eigenvalue weighted by molar-refractivity contribution is 6.00. The Kier molecular flexibility index (Phi) is 5.36. The molecule has 0 bridgehead atoms. The fraction of sp³-hybridized carbons (Fsp3) is 0.571. The Morgan fingerprint density at radius 1 is 1.28 bits per heavy atom. The van der Waals surface area contributed by atoms with Crippen molar-refractivity contribution in [3.63, 3.8) is 0 Å². The quantitative estimate of drug-likeness (QED) is 0.454. The van der Waals surface area contributed by atoms with E-state index in [1.807, 2.05) is 0 Å². The fourth-order valence-electron chi connectivity index (χ4n) is 3.84. The van der Waals surface area contributed by atoms with E-state index in [1.165, 1.54) is 5.57 Å². The van der Waals surface area contributed by atoms with Crippen LogP contribution in [-0.4, -0.2) is 34.1 Å². The lowest BCUT2D eigenvalue weighted by molar-refractivity contribution is 0.0881. The van der Waals surface area contributed by atoms with E-state index >= 15 is 0 Å². The van der Waals surface area contributed by atoms with Crippen molar-refractivity contribution in [3.8, 4) is 11.5 Å². The van der Waals surface area contributed by atoms with E-state index in [0.717, 1.165) is 57.2 Å². The Balaban J connectivity index is 2.03. The number of phenolic OH excluding ortho intramolecular Hbond substituents is 2. The van der Waals surface area contributed by atoms with Gasteiger partial charge in [0.05, 0.1) is 5.56 Å². The molecule has 1 amide bonds. The average molecular weight is 343 g/mol. The van der Waals surface area contributed by atoms with Crippen molar-refractivity contribution < 1.29 is 15.0 Å². The van der Waals surface area contributed by atoms with Gasteiger partial charge in [0.2, 0.25) is 0 Å². The highest BCUT2D eigenvalue weighted by Gasteiger charge is 2.33. The Morgan fingerprint density at radius 2 is 2.04 bits per heavy atom. The Bertz CT molecular complexity index is 689. The summed E-state index contributed by atoms with van der Waals surface area (Å²) in [5, 5.41) is 21.6. The van der Waals surface area contributed by atoms with Crippen LogP contribution in [0.3, 0.4) is 0 Å². The second-order valence-corrected chi connectivity index (χ2v) is 7.45. The molecule has 2 aliphatic rings. The predicted molar refractivity (Wildman–Crippen MR) is 99.3 cm³/mol. The molecule has 0 aromatic heterocycles. The molecule has 0 radical (unpaired) electrons. The van der Waals surface area contributed by atoms with E-state index in [0.29, 0.717) is 17.5 Å². The lowest BCUT2D eigenvalue weighted by Gasteiger charge is -2.24. The first-order chi connectivity index (χ1) is 12.0. The minimum absolute atomic E-state index is 0.000603. The second kappa shape index (κ2) is 7.51. The molecule has 1 aliphatic carbocycles. The summed E-state index contributed by atoms with van der Waals surface area (Å²) < 4.78 is 0. The van der Waals surface area contributed by atoms with Crippen LogP contribution in [0.5, 0.6) is 11.5 Å². The van der Waals surface area contributed by atoms with Gasteiger partial charge in [0.15, 0.2) is 0 Å². The summed E-state index contributed by atoms with van der Waals surface area (Å²) in [5.74, 6) is 0.0163. The summed E-state index contributed by atoms with van der Waals surface area (Å²) >= 11 is 0. The fourth-order valence-corrected chi connectivity index (χ4v) is 3.84. The topological polar surface area (TPSA) is 60.5 Å². The Labute approximate surface area is 150 Å². The van der Waals surface area contributed by atoms with Gasteiger partial charge >= 0.3 is 0 Å². The number of aromatic hydroxyl groups is 2. The third-order valence-electron chi connectivity index (χ3n) is 5.34. The van der Waals surface area contributed by atoms with Crippen molar-refractivity contribution in [2.75, 3.05) is 13.1 Å². The number of aryl methyl sites for hydroxylation is 1. The van der Waals surface area contributed by atoms with E-state index in [2.05, 4.69) is 19.9 Å². The van der Waals surface area contributed by atoms with Crippen molar-refractivity contribution >= 4 is 5.91 Å². The standard InChI is InChI=1S/C21H29NO3/c1-3-4-5-8-16-13-17(23)18(15-9-6-7-14(2)12-15)20(24)19(16)21(25)22-10-11-22/h12-13,15,23-24H,3-11H2,1-2H3. The monoisotopic (exact) mass is 343 g/mol. The molecule has 2 N–H and O–H groups in total. The smallest absolute Gasteiger partial charge is 0.258 e. The zero-order valence-electron chi connectivity index (χ0n) is 15.3. The largest absolute Gasteiger partial charge is 0.507 e. The summed E-state index contributed by atoms with van der Waals surface area (Å²) in [7, 11) is 0. The highest BCUT2D eigenvalue weighted by atomic mass is 16.3. The number of phenols is 2. The van der Waals surface area contributed by atoms with Gasteiger partial charge in [-0.1, -0.05) is 31.4 Å². The molecule has 1 saturated heterocycles. The molecular formula is C21H29NO3. The molecule has 4 heteroatoms. The molecule has 4 nitrogen and oxygen atoms in total. The minimum Gasteiger partial charge on any atom is -0.507 e. The third-order valence-corrected chi connectivity index (χ3v) is 5.34. The number of amides is 1. The molecule has 1 heterocycles. The Hall–Kier alpha value is -1.97. The van der Waals surface area contributed by atoms with Crippen LogP contribution in [0, 0.1) is 0 Å². The minimum atomic E-state index is -0.0956. The predicted octanol–water partition coefficient (Wildman–Crippen LogP) is 4.50. The van der Waals surface area contributed by atoms with Gasteiger partial charge in [0.1, 0.15) is 11.5 Å². The third kappa shape index (κ3) is 3.83. The van der Waals surface area contributed by atoms with Crippen LogP contribution >= 0.6 is 0 Å². The molecule has 0 saturated carbocycles. The molecule has 1 aromatic carbocycles. The molecule has 3 rings (SSSR count). The van der Waals surface area contributed by atoms with Crippen LogP contribution < -0.4 is 0 Å². The molecule has 1 unspecified atom stereocenters. The molecule has 25 heavy (non-hydrogen) atoms. The molecule has 136 valence electrons. The lowest BCUT2D eigenvalue weighted by atomic mass is 9.83. The van der Waals surface area contributed by atoms with Gasteiger partial charge in [0.25, 0.3) is 5.91 Å². The van der Waals surface area contributed by atoms with Gasteiger partial charge in [-0.2, -0.15) is 0 Å². The number of carbonyl (C=O) groups is 1. The van der Waals surface area contributed by atoms with Gasteiger partial charge in [0, 0.05) is 24.6 Å². The van der Waals surface area contributed by atoms with Crippen molar-refractivity contribution in [2.45, 2.75) is 64.7 Å². The van der Waals surface area contributed by atoms with Crippen LogP contribution in [0.25, 0.3) is 0 Å². The average Bonchev–Trinajstić information content (AvgIpc) is 3.39. The first kappa shape index (κ1) is 17.8. The maximum Gasteiger partial charge on any atom is 0.258 e. The van der Waals surface area contributed by atoms with Crippen LogP contribution in [0.2, 0.25) is 0 Å². The van der Waals surface area contributed by atoms with E-state index in [4.69, 9.17) is 0 Å². The van der Waals surface area contributed by atoms with Crippen LogP contribution in [0.15, 0.2) is 17.7 Å². The SMILES string of the molecule is CCCCCc1cc(O)c(C2C=C(C)CCC2)c(O)c1C(=O)N1CC1. The van der Waals surface area contributed by atoms with Crippen LogP contribution in [-0.2, 0) is 6.42 Å².